The van der Waals surface area contributed by atoms with E-state index >= 15 is 0 Å². The zero-order chi connectivity index (χ0) is 19.4. The van der Waals surface area contributed by atoms with E-state index in [1.165, 1.54) is 4.90 Å². The molecule has 2 aliphatic rings. The summed E-state index contributed by atoms with van der Waals surface area (Å²) in [7, 11) is 0. The lowest BCUT2D eigenvalue weighted by Crippen LogP contribution is -2.51. The van der Waals surface area contributed by atoms with Crippen molar-refractivity contribution in [2.45, 2.75) is 39.2 Å². The van der Waals surface area contributed by atoms with E-state index in [0.29, 0.717) is 50.4 Å². The maximum atomic E-state index is 12.8. The third kappa shape index (κ3) is 4.07. The molecule has 3 rings (SSSR count). The quantitative estimate of drug-likeness (QED) is 0.737. The second-order valence-electron chi connectivity index (χ2n) is 6.81. The Morgan fingerprint density at radius 1 is 1.19 bits per heavy atom. The van der Waals surface area contributed by atoms with Gasteiger partial charge in [-0.25, -0.2) is 0 Å². The Kier molecular flexibility index (Phi) is 5.98. The molecule has 0 unspecified atom stereocenters. The van der Waals surface area contributed by atoms with Gasteiger partial charge in [-0.2, -0.15) is 0 Å². The number of benzene rings is 1. The lowest BCUT2D eigenvalue weighted by Gasteiger charge is -2.36. The molecule has 2 amide bonds. The molecule has 0 spiro atoms. The first-order chi connectivity index (χ1) is 13.0. The fraction of sp³-hybridized carbons (Fsp3) is 0.550. The highest BCUT2D eigenvalue weighted by atomic mass is 16.5. The average molecular weight is 374 g/mol. The summed E-state index contributed by atoms with van der Waals surface area (Å²) < 4.78 is 10.8. The Balaban J connectivity index is 1.65. The number of hydrogen-bond acceptors (Lipinski definition) is 5. The van der Waals surface area contributed by atoms with Crippen molar-refractivity contribution < 1.29 is 23.9 Å². The second-order valence-corrected chi connectivity index (χ2v) is 6.81. The van der Waals surface area contributed by atoms with E-state index in [4.69, 9.17) is 9.47 Å². The number of carbonyl (C=O) groups is 3. The van der Waals surface area contributed by atoms with Gasteiger partial charge in [0.2, 0.25) is 5.91 Å². The molecule has 27 heavy (non-hydrogen) atoms. The van der Waals surface area contributed by atoms with Crippen molar-refractivity contribution in [3.8, 4) is 5.75 Å². The zero-order valence-corrected chi connectivity index (χ0v) is 15.8. The fourth-order valence-electron chi connectivity index (χ4n) is 3.56. The maximum absolute atomic E-state index is 12.8. The van der Waals surface area contributed by atoms with Crippen LogP contribution in [0.5, 0.6) is 5.75 Å². The van der Waals surface area contributed by atoms with Crippen molar-refractivity contribution in [2.75, 3.05) is 31.1 Å². The van der Waals surface area contributed by atoms with Gasteiger partial charge in [-0.15, -0.1) is 0 Å². The highest BCUT2D eigenvalue weighted by Gasteiger charge is 2.36. The second kappa shape index (κ2) is 8.41. The number of anilines is 1. The molecule has 1 saturated heterocycles. The van der Waals surface area contributed by atoms with Crippen molar-refractivity contribution in [1.82, 2.24) is 4.90 Å². The minimum atomic E-state index is -0.567. The molecule has 2 heterocycles. The Morgan fingerprint density at radius 2 is 1.89 bits per heavy atom. The molecule has 0 N–H and O–H groups in total. The summed E-state index contributed by atoms with van der Waals surface area (Å²) in [4.78, 5) is 40.6. The van der Waals surface area contributed by atoms with E-state index in [0.717, 1.165) is 0 Å². The lowest BCUT2D eigenvalue weighted by molar-refractivity contribution is -0.151. The number of rotatable bonds is 5. The third-order valence-electron chi connectivity index (χ3n) is 5.10. The van der Waals surface area contributed by atoms with Crippen molar-refractivity contribution in [1.29, 1.82) is 0 Å². The lowest BCUT2D eigenvalue weighted by atomic mass is 9.97. The van der Waals surface area contributed by atoms with Crippen molar-refractivity contribution >= 4 is 23.5 Å². The standard InChI is InChI=1S/C20H26N2O5/c1-3-16-19(24)22(15-7-5-6-8-17(15)27-16)13-18(23)21-11-9-14(10-12-21)20(25)26-4-2/h5-8,14,16H,3-4,9-13H2,1-2H3/t16-/m1/s1. The summed E-state index contributed by atoms with van der Waals surface area (Å²) in [5.74, 6) is -0.0159. The van der Waals surface area contributed by atoms with Crippen LogP contribution in [0.3, 0.4) is 0 Å². The van der Waals surface area contributed by atoms with Gasteiger partial charge in [0.15, 0.2) is 6.10 Å². The molecule has 2 aliphatic heterocycles. The molecule has 1 fully saturated rings. The van der Waals surface area contributed by atoms with E-state index in [2.05, 4.69) is 0 Å². The molecule has 7 heteroatoms. The third-order valence-corrected chi connectivity index (χ3v) is 5.10. The predicted octanol–water partition coefficient (Wildman–Crippen LogP) is 1.99. The van der Waals surface area contributed by atoms with Crippen LogP contribution < -0.4 is 9.64 Å². The number of carbonyl (C=O) groups excluding carboxylic acids is 3. The minimum absolute atomic E-state index is 0.0141. The molecule has 1 aromatic carbocycles. The van der Waals surface area contributed by atoms with Crippen LogP contribution in [0, 0.1) is 5.92 Å². The van der Waals surface area contributed by atoms with Gasteiger partial charge in [0, 0.05) is 13.1 Å². The van der Waals surface area contributed by atoms with Crippen molar-refractivity contribution in [3.63, 3.8) is 0 Å². The average Bonchev–Trinajstić information content (AvgIpc) is 2.70. The molecule has 7 nitrogen and oxygen atoms in total. The van der Waals surface area contributed by atoms with Gasteiger partial charge in [-0.05, 0) is 38.3 Å². The van der Waals surface area contributed by atoms with Crippen LogP contribution in [0.25, 0.3) is 0 Å². The highest BCUT2D eigenvalue weighted by molar-refractivity contribution is 6.03. The Labute approximate surface area is 159 Å². The van der Waals surface area contributed by atoms with Crippen LogP contribution in [0.1, 0.15) is 33.1 Å². The largest absolute Gasteiger partial charge is 0.478 e. The Bertz CT molecular complexity index is 712. The molecule has 0 saturated carbocycles. The molecule has 1 aromatic rings. The fourth-order valence-corrected chi connectivity index (χ4v) is 3.56. The van der Waals surface area contributed by atoms with Crippen LogP contribution in [-0.2, 0) is 19.1 Å². The summed E-state index contributed by atoms with van der Waals surface area (Å²) in [5, 5.41) is 0. The Morgan fingerprint density at radius 3 is 2.56 bits per heavy atom. The number of piperidine rings is 1. The molecule has 0 bridgehead atoms. The maximum Gasteiger partial charge on any atom is 0.309 e. The number of nitrogens with zero attached hydrogens (tertiary/aromatic N) is 2. The van der Waals surface area contributed by atoms with Crippen molar-refractivity contribution in [3.05, 3.63) is 24.3 Å². The molecule has 0 aliphatic carbocycles. The minimum Gasteiger partial charge on any atom is -0.478 e. The number of fused-ring (bicyclic) bond motifs is 1. The topological polar surface area (TPSA) is 76.2 Å². The van der Waals surface area contributed by atoms with Gasteiger partial charge in [0.25, 0.3) is 5.91 Å². The number of amides is 2. The summed E-state index contributed by atoms with van der Waals surface area (Å²) in [6, 6.07) is 7.28. The summed E-state index contributed by atoms with van der Waals surface area (Å²) in [6.07, 6.45) is 1.16. The summed E-state index contributed by atoms with van der Waals surface area (Å²) >= 11 is 0. The van der Waals surface area contributed by atoms with E-state index in [9.17, 15) is 14.4 Å². The summed E-state index contributed by atoms with van der Waals surface area (Å²) in [5.41, 5.74) is 0.627. The number of esters is 1. The highest BCUT2D eigenvalue weighted by Crippen LogP contribution is 2.34. The van der Waals surface area contributed by atoms with Crippen LogP contribution in [0.15, 0.2) is 24.3 Å². The van der Waals surface area contributed by atoms with E-state index < -0.39 is 6.10 Å². The number of hydrogen-bond donors (Lipinski definition) is 0. The molecule has 146 valence electrons. The van der Waals surface area contributed by atoms with Crippen LogP contribution in [-0.4, -0.2) is 55.0 Å². The van der Waals surface area contributed by atoms with Gasteiger partial charge >= 0.3 is 5.97 Å². The smallest absolute Gasteiger partial charge is 0.309 e. The monoisotopic (exact) mass is 374 g/mol. The van der Waals surface area contributed by atoms with E-state index in [1.54, 1.807) is 17.9 Å². The van der Waals surface area contributed by atoms with Crippen LogP contribution >= 0.6 is 0 Å². The zero-order valence-electron chi connectivity index (χ0n) is 15.8. The number of ether oxygens (including phenoxy) is 2. The van der Waals surface area contributed by atoms with Gasteiger partial charge in [-0.1, -0.05) is 19.1 Å². The summed E-state index contributed by atoms with van der Waals surface area (Å²) in [6.45, 7) is 5.03. The normalized spacial score (nSPS) is 20.1. The first kappa shape index (κ1) is 19.2. The van der Waals surface area contributed by atoms with Crippen molar-refractivity contribution in [2.24, 2.45) is 5.92 Å². The molecular weight excluding hydrogens is 348 g/mol. The van der Waals surface area contributed by atoms with E-state index in [-0.39, 0.29) is 30.2 Å². The molecular formula is C20H26N2O5. The molecule has 1 atom stereocenters. The number of para-hydroxylation sites is 2. The SMILES string of the molecule is CCOC(=O)C1CCN(C(=O)CN2C(=O)[C@@H](CC)Oc3ccccc32)CC1. The Hall–Kier alpha value is -2.57. The first-order valence-corrected chi connectivity index (χ1v) is 9.56. The van der Waals surface area contributed by atoms with E-state index in [1.807, 2.05) is 25.1 Å². The predicted molar refractivity (Wildman–Crippen MR) is 99.4 cm³/mol. The number of likely N-dealkylation sites (tertiary alicyclic amines) is 1. The van der Waals surface area contributed by atoms with Crippen LogP contribution in [0.2, 0.25) is 0 Å². The first-order valence-electron chi connectivity index (χ1n) is 9.56. The van der Waals surface area contributed by atoms with Gasteiger partial charge < -0.3 is 14.4 Å². The van der Waals surface area contributed by atoms with Gasteiger partial charge in [0.05, 0.1) is 18.2 Å². The molecule has 0 aromatic heterocycles. The van der Waals surface area contributed by atoms with Crippen LogP contribution in [0.4, 0.5) is 5.69 Å². The van der Waals surface area contributed by atoms with Gasteiger partial charge in [0.1, 0.15) is 12.3 Å². The van der Waals surface area contributed by atoms with Gasteiger partial charge in [-0.3, -0.25) is 19.3 Å². The molecule has 0 radical (unpaired) electrons.